The molecule has 0 fully saturated rings. The van der Waals surface area contributed by atoms with Gasteiger partial charge in [-0.15, -0.1) is 13.2 Å². The zero-order valence-electron chi connectivity index (χ0n) is 23.3. The third kappa shape index (κ3) is 8.43. The van der Waals surface area contributed by atoms with Gasteiger partial charge >= 0.3 is 12.3 Å². The fourth-order valence-electron chi connectivity index (χ4n) is 4.88. The largest absolute Gasteiger partial charge is 0.573 e. The molecular weight excluding hydrogens is 497 g/mol. The minimum Gasteiger partial charge on any atom is -0.488 e. The number of furan rings is 1. The molecule has 0 N–H and O–H groups in total. The Hall–Kier alpha value is -3.16. The molecule has 0 aliphatic carbocycles. The van der Waals surface area contributed by atoms with Gasteiger partial charge in [-0.25, -0.2) is 0 Å². The van der Waals surface area contributed by atoms with E-state index in [0.717, 1.165) is 6.42 Å². The molecule has 0 saturated carbocycles. The number of halogens is 3. The van der Waals surface area contributed by atoms with Gasteiger partial charge < -0.3 is 18.6 Å². The van der Waals surface area contributed by atoms with Crippen molar-refractivity contribution in [1.82, 2.24) is 0 Å². The summed E-state index contributed by atoms with van der Waals surface area (Å²) < 4.78 is 60.7. The number of fused-ring (bicyclic) bond motifs is 1. The van der Waals surface area contributed by atoms with Gasteiger partial charge in [-0.3, -0.25) is 4.79 Å². The average molecular weight is 535 g/mol. The lowest BCUT2D eigenvalue weighted by Crippen LogP contribution is -2.41. The van der Waals surface area contributed by atoms with Gasteiger partial charge in [0, 0.05) is 17.9 Å². The first-order chi connectivity index (χ1) is 17.3. The summed E-state index contributed by atoms with van der Waals surface area (Å²) in [5.41, 5.74) is -0.808. The van der Waals surface area contributed by atoms with Crippen LogP contribution in [0.3, 0.4) is 0 Å². The summed E-state index contributed by atoms with van der Waals surface area (Å²) in [6, 6.07) is 12.7. The maximum atomic E-state index is 12.8. The van der Waals surface area contributed by atoms with E-state index in [0.29, 0.717) is 23.1 Å². The monoisotopic (exact) mass is 534 g/mol. The van der Waals surface area contributed by atoms with Crippen LogP contribution in [0.25, 0.3) is 22.3 Å². The Morgan fingerprint density at radius 2 is 1.55 bits per heavy atom. The van der Waals surface area contributed by atoms with Crippen LogP contribution in [0.5, 0.6) is 11.5 Å². The van der Waals surface area contributed by atoms with Crippen LogP contribution in [-0.4, -0.2) is 23.5 Å². The topological polar surface area (TPSA) is 57.9 Å². The molecule has 3 rings (SSSR count). The number of esters is 1. The fourth-order valence-corrected chi connectivity index (χ4v) is 4.88. The van der Waals surface area contributed by atoms with E-state index in [1.807, 2.05) is 34.6 Å². The van der Waals surface area contributed by atoms with E-state index in [1.54, 1.807) is 30.3 Å². The van der Waals surface area contributed by atoms with Crippen LogP contribution in [0, 0.1) is 11.3 Å². The average Bonchev–Trinajstić information content (AvgIpc) is 3.13. The van der Waals surface area contributed by atoms with Gasteiger partial charge in [-0.2, -0.15) is 0 Å². The Bertz CT molecular complexity index is 1260. The standard InChI is InChI=1S/C30H37F3O5/c1-19(17-27(2,3)4)26(34)38-29(7,8)18-28(5,6)36-21-14-13-20-15-25(35-24(20)16-21)22-11-9-10-12-23(22)37-30(31,32)33/h9-16,19H,17-18H2,1-8H3. The number of alkyl halides is 3. The Labute approximate surface area is 222 Å². The maximum absolute atomic E-state index is 12.8. The molecular formula is C30H37F3O5. The van der Waals surface area contributed by atoms with E-state index < -0.39 is 17.6 Å². The molecule has 0 aliphatic heterocycles. The molecule has 0 spiro atoms. The lowest BCUT2D eigenvalue weighted by molar-refractivity contribution is -0.274. The molecule has 0 amide bonds. The van der Waals surface area contributed by atoms with Crippen LogP contribution in [0.1, 0.15) is 68.2 Å². The van der Waals surface area contributed by atoms with Gasteiger partial charge in [0.1, 0.15) is 34.0 Å². The van der Waals surface area contributed by atoms with E-state index in [4.69, 9.17) is 13.9 Å². The number of hydrogen-bond acceptors (Lipinski definition) is 5. The van der Waals surface area contributed by atoms with Crippen molar-refractivity contribution in [2.24, 2.45) is 11.3 Å². The van der Waals surface area contributed by atoms with Crippen LogP contribution in [0.15, 0.2) is 52.9 Å². The van der Waals surface area contributed by atoms with E-state index in [-0.39, 0.29) is 34.4 Å². The van der Waals surface area contributed by atoms with Crippen LogP contribution in [-0.2, 0) is 9.53 Å². The zero-order valence-corrected chi connectivity index (χ0v) is 23.3. The van der Waals surface area contributed by atoms with E-state index >= 15 is 0 Å². The second-order valence-electron chi connectivity index (χ2n) is 12.2. The van der Waals surface area contributed by atoms with Crippen LogP contribution in [0.4, 0.5) is 13.2 Å². The van der Waals surface area contributed by atoms with Crippen molar-refractivity contribution >= 4 is 16.9 Å². The lowest BCUT2D eigenvalue weighted by Gasteiger charge is -2.36. The van der Waals surface area contributed by atoms with Crippen molar-refractivity contribution in [3.05, 3.63) is 48.5 Å². The molecule has 2 aromatic carbocycles. The highest BCUT2D eigenvalue weighted by Crippen LogP contribution is 2.38. The molecule has 1 unspecified atom stereocenters. The Balaban J connectivity index is 1.74. The molecule has 1 heterocycles. The van der Waals surface area contributed by atoms with Crippen LogP contribution < -0.4 is 9.47 Å². The first kappa shape index (κ1) is 29.4. The first-order valence-corrected chi connectivity index (χ1v) is 12.6. The number of rotatable bonds is 9. The highest BCUT2D eigenvalue weighted by Gasteiger charge is 2.35. The minimum absolute atomic E-state index is 0.0166. The third-order valence-corrected chi connectivity index (χ3v) is 5.81. The molecule has 0 aliphatic rings. The van der Waals surface area contributed by atoms with Gasteiger partial charge in [0.15, 0.2) is 0 Å². The number of carbonyl (C=O) groups is 1. The Morgan fingerprint density at radius 3 is 2.18 bits per heavy atom. The minimum atomic E-state index is -4.82. The molecule has 1 atom stereocenters. The summed E-state index contributed by atoms with van der Waals surface area (Å²) in [7, 11) is 0. The van der Waals surface area contributed by atoms with Gasteiger partial charge in [-0.1, -0.05) is 39.8 Å². The van der Waals surface area contributed by atoms with Crippen molar-refractivity contribution in [1.29, 1.82) is 0 Å². The second kappa shape index (κ2) is 10.5. The molecule has 208 valence electrons. The third-order valence-electron chi connectivity index (χ3n) is 5.81. The number of hydrogen-bond donors (Lipinski definition) is 0. The molecule has 8 heteroatoms. The molecule has 0 radical (unpaired) electrons. The number of carbonyl (C=O) groups excluding carboxylic acids is 1. The highest BCUT2D eigenvalue weighted by atomic mass is 19.4. The van der Waals surface area contributed by atoms with Gasteiger partial charge in [0.05, 0.1) is 11.5 Å². The molecule has 38 heavy (non-hydrogen) atoms. The fraction of sp³-hybridized carbons (Fsp3) is 0.500. The van der Waals surface area contributed by atoms with Crippen molar-refractivity contribution in [3.63, 3.8) is 0 Å². The normalized spacial score (nSPS) is 13.9. The van der Waals surface area contributed by atoms with Gasteiger partial charge in [0.25, 0.3) is 0 Å². The molecule has 5 nitrogen and oxygen atoms in total. The summed E-state index contributed by atoms with van der Waals surface area (Å²) in [5.74, 6) is -0.0361. The van der Waals surface area contributed by atoms with Crippen LogP contribution in [0.2, 0.25) is 0 Å². The quantitative estimate of drug-likeness (QED) is 0.257. The molecule has 0 saturated heterocycles. The number of ether oxygens (including phenoxy) is 3. The van der Waals surface area contributed by atoms with Crippen molar-refractivity contribution < 1.29 is 36.6 Å². The van der Waals surface area contributed by atoms with E-state index in [1.165, 1.54) is 18.2 Å². The number of para-hydroxylation sites is 1. The van der Waals surface area contributed by atoms with Crippen molar-refractivity contribution in [3.8, 4) is 22.8 Å². The smallest absolute Gasteiger partial charge is 0.488 e. The lowest BCUT2D eigenvalue weighted by atomic mass is 9.85. The summed E-state index contributed by atoms with van der Waals surface area (Å²) in [6.07, 6.45) is -3.67. The van der Waals surface area contributed by atoms with Crippen molar-refractivity contribution in [2.75, 3.05) is 0 Å². The van der Waals surface area contributed by atoms with Crippen LogP contribution >= 0.6 is 0 Å². The number of benzene rings is 2. The van der Waals surface area contributed by atoms with Gasteiger partial charge in [0.2, 0.25) is 0 Å². The summed E-state index contributed by atoms with van der Waals surface area (Å²) >= 11 is 0. The van der Waals surface area contributed by atoms with E-state index in [9.17, 15) is 18.0 Å². The molecule has 0 bridgehead atoms. The van der Waals surface area contributed by atoms with Crippen molar-refractivity contribution in [2.45, 2.75) is 85.8 Å². The summed E-state index contributed by atoms with van der Waals surface area (Å²) in [5, 5.41) is 0.703. The summed E-state index contributed by atoms with van der Waals surface area (Å²) in [6.45, 7) is 15.7. The maximum Gasteiger partial charge on any atom is 0.573 e. The predicted molar refractivity (Wildman–Crippen MR) is 141 cm³/mol. The highest BCUT2D eigenvalue weighted by molar-refractivity contribution is 5.85. The van der Waals surface area contributed by atoms with E-state index in [2.05, 4.69) is 25.5 Å². The molecule has 1 aromatic heterocycles. The second-order valence-corrected chi connectivity index (χ2v) is 12.2. The predicted octanol–water partition coefficient (Wildman–Crippen LogP) is 8.94. The summed E-state index contributed by atoms with van der Waals surface area (Å²) in [4.78, 5) is 12.7. The Kier molecular flexibility index (Phi) is 8.15. The zero-order chi connectivity index (χ0) is 28.5. The molecule has 3 aromatic rings. The first-order valence-electron chi connectivity index (χ1n) is 12.6. The van der Waals surface area contributed by atoms with Gasteiger partial charge in [-0.05, 0) is 69.9 Å². The Morgan fingerprint density at radius 1 is 0.895 bits per heavy atom. The SMILES string of the molecule is CC(CC(C)(C)C)C(=O)OC(C)(C)CC(C)(C)Oc1ccc2cc(-c3ccccc3OC(F)(F)F)oc2c1.